The van der Waals surface area contributed by atoms with E-state index in [1.54, 1.807) is 0 Å². The van der Waals surface area contributed by atoms with Gasteiger partial charge in [-0.2, -0.15) is 0 Å². The van der Waals surface area contributed by atoms with E-state index < -0.39 is 0 Å². The van der Waals surface area contributed by atoms with Crippen LogP contribution in [0.25, 0.3) is 0 Å². The van der Waals surface area contributed by atoms with Gasteiger partial charge < -0.3 is 9.64 Å². The smallest absolute Gasteiger partial charge is 0.0642 e. The lowest BCUT2D eigenvalue weighted by atomic mass is 10.0. The zero-order chi connectivity index (χ0) is 10.7. The fraction of sp³-hybridized carbons (Fsp3) is 0.538. The van der Waals surface area contributed by atoms with Crippen LogP contribution in [-0.4, -0.2) is 26.3 Å². The molecule has 15 heavy (non-hydrogen) atoms. The van der Waals surface area contributed by atoms with Crippen LogP contribution in [0.2, 0.25) is 0 Å². The Labute approximate surface area is 91.9 Å². The molecule has 0 saturated carbocycles. The summed E-state index contributed by atoms with van der Waals surface area (Å²) in [5.41, 5.74) is 4.28. The van der Waals surface area contributed by atoms with Crippen molar-refractivity contribution < 1.29 is 4.74 Å². The van der Waals surface area contributed by atoms with Gasteiger partial charge in [0.05, 0.1) is 13.2 Å². The maximum Gasteiger partial charge on any atom is 0.0642 e. The minimum Gasteiger partial charge on any atom is -0.378 e. The Balaban J connectivity index is 2.26. The summed E-state index contributed by atoms with van der Waals surface area (Å²) in [6, 6.07) is 6.61. The minimum absolute atomic E-state index is 0.857. The third-order valence-corrected chi connectivity index (χ3v) is 3.15. The van der Waals surface area contributed by atoms with Crippen molar-refractivity contribution in [1.82, 2.24) is 0 Å². The lowest BCUT2D eigenvalue weighted by Gasteiger charge is -2.30. The maximum atomic E-state index is 5.38. The molecule has 2 heteroatoms. The molecule has 0 aliphatic carbocycles. The van der Waals surface area contributed by atoms with Crippen molar-refractivity contribution in [1.29, 1.82) is 0 Å². The summed E-state index contributed by atoms with van der Waals surface area (Å²) in [6.07, 6.45) is 1.12. The molecule has 0 atom stereocenters. The van der Waals surface area contributed by atoms with E-state index in [9.17, 15) is 0 Å². The second-order valence-electron chi connectivity index (χ2n) is 4.01. The number of aryl methyl sites for hydroxylation is 1. The first-order valence-corrected chi connectivity index (χ1v) is 5.74. The van der Waals surface area contributed by atoms with E-state index in [2.05, 4.69) is 36.9 Å². The maximum absolute atomic E-state index is 5.38. The van der Waals surface area contributed by atoms with E-state index >= 15 is 0 Å². The topological polar surface area (TPSA) is 12.5 Å². The van der Waals surface area contributed by atoms with Gasteiger partial charge in [-0.3, -0.25) is 0 Å². The molecule has 82 valence electrons. The predicted molar refractivity (Wildman–Crippen MR) is 63.6 cm³/mol. The van der Waals surface area contributed by atoms with Crippen LogP contribution in [0.4, 0.5) is 5.69 Å². The second kappa shape index (κ2) is 4.67. The van der Waals surface area contributed by atoms with Gasteiger partial charge in [-0.15, -0.1) is 0 Å². The fourth-order valence-corrected chi connectivity index (χ4v) is 2.20. The van der Waals surface area contributed by atoms with Gasteiger partial charge in [0.15, 0.2) is 0 Å². The van der Waals surface area contributed by atoms with Crippen molar-refractivity contribution in [2.75, 3.05) is 31.2 Å². The normalized spacial score (nSPS) is 16.8. The fourth-order valence-electron chi connectivity index (χ4n) is 2.20. The van der Waals surface area contributed by atoms with E-state index in [-0.39, 0.29) is 0 Å². The standard InChI is InChI=1S/C13H19NO/c1-3-12-5-4-6-13(11(12)2)14-7-9-15-10-8-14/h4-6H,3,7-10H2,1-2H3. The van der Waals surface area contributed by atoms with Gasteiger partial charge in [0.2, 0.25) is 0 Å². The number of ether oxygens (including phenoxy) is 1. The SMILES string of the molecule is CCc1cccc(N2CCOCC2)c1C. The van der Waals surface area contributed by atoms with Crippen LogP contribution in [0.5, 0.6) is 0 Å². The molecule has 1 aliphatic heterocycles. The monoisotopic (exact) mass is 205 g/mol. The van der Waals surface area contributed by atoms with Crippen LogP contribution in [0.15, 0.2) is 18.2 Å². The Hall–Kier alpha value is -1.02. The molecule has 0 spiro atoms. The van der Waals surface area contributed by atoms with Gasteiger partial charge in [-0.1, -0.05) is 19.1 Å². The van der Waals surface area contributed by atoms with Crippen molar-refractivity contribution in [3.8, 4) is 0 Å². The van der Waals surface area contributed by atoms with Gasteiger partial charge in [0.1, 0.15) is 0 Å². The molecule has 1 aromatic carbocycles. The van der Waals surface area contributed by atoms with Crippen molar-refractivity contribution in [3.63, 3.8) is 0 Å². The van der Waals surface area contributed by atoms with Crippen LogP contribution in [0.1, 0.15) is 18.1 Å². The van der Waals surface area contributed by atoms with Crippen molar-refractivity contribution in [2.24, 2.45) is 0 Å². The lowest BCUT2D eigenvalue weighted by Crippen LogP contribution is -2.36. The van der Waals surface area contributed by atoms with Crippen molar-refractivity contribution >= 4 is 5.69 Å². The predicted octanol–water partition coefficient (Wildman–Crippen LogP) is 2.39. The van der Waals surface area contributed by atoms with Gasteiger partial charge >= 0.3 is 0 Å². The molecule has 0 unspecified atom stereocenters. The first-order valence-electron chi connectivity index (χ1n) is 5.74. The molecule has 0 bridgehead atoms. The van der Waals surface area contributed by atoms with Crippen LogP contribution in [0.3, 0.4) is 0 Å². The number of hydrogen-bond acceptors (Lipinski definition) is 2. The Morgan fingerprint density at radius 2 is 2.00 bits per heavy atom. The third kappa shape index (κ3) is 2.15. The Bertz CT molecular complexity index is 329. The summed E-state index contributed by atoms with van der Waals surface area (Å²) in [5.74, 6) is 0. The summed E-state index contributed by atoms with van der Waals surface area (Å²) in [4.78, 5) is 2.43. The number of anilines is 1. The minimum atomic E-state index is 0.857. The molecule has 1 heterocycles. The number of hydrogen-bond donors (Lipinski definition) is 0. The van der Waals surface area contributed by atoms with Gasteiger partial charge in [0, 0.05) is 18.8 Å². The zero-order valence-electron chi connectivity index (χ0n) is 9.62. The van der Waals surface area contributed by atoms with Gasteiger partial charge in [0.25, 0.3) is 0 Å². The molecule has 2 rings (SSSR count). The summed E-state index contributed by atoms with van der Waals surface area (Å²) in [5, 5.41) is 0. The summed E-state index contributed by atoms with van der Waals surface area (Å²) < 4.78 is 5.38. The van der Waals surface area contributed by atoms with E-state index in [1.165, 1.54) is 16.8 Å². The second-order valence-corrected chi connectivity index (χ2v) is 4.01. The number of rotatable bonds is 2. The molecule has 1 aromatic rings. The quantitative estimate of drug-likeness (QED) is 0.735. The first kappa shape index (κ1) is 10.5. The summed E-state index contributed by atoms with van der Waals surface area (Å²) in [7, 11) is 0. The molecule has 0 aromatic heterocycles. The molecule has 0 amide bonds. The third-order valence-electron chi connectivity index (χ3n) is 3.15. The zero-order valence-corrected chi connectivity index (χ0v) is 9.62. The summed E-state index contributed by atoms with van der Waals surface area (Å²) in [6.45, 7) is 8.20. The van der Waals surface area contributed by atoms with E-state index in [0.717, 1.165) is 32.7 Å². The Kier molecular flexibility index (Phi) is 3.27. The van der Waals surface area contributed by atoms with E-state index in [0.29, 0.717) is 0 Å². The molecule has 2 nitrogen and oxygen atoms in total. The number of benzene rings is 1. The average molecular weight is 205 g/mol. The average Bonchev–Trinajstić information content (AvgIpc) is 2.30. The molecular weight excluding hydrogens is 186 g/mol. The highest BCUT2D eigenvalue weighted by molar-refractivity contribution is 5.56. The van der Waals surface area contributed by atoms with Gasteiger partial charge in [-0.05, 0) is 30.5 Å². The van der Waals surface area contributed by atoms with Crippen LogP contribution in [-0.2, 0) is 11.2 Å². The number of morpholine rings is 1. The molecular formula is C13H19NO. The molecule has 0 N–H and O–H groups in total. The molecule has 0 radical (unpaired) electrons. The molecule has 1 saturated heterocycles. The van der Waals surface area contributed by atoms with Crippen molar-refractivity contribution in [2.45, 2.75) is 20.3 Å². The van der Waals surface area contributed by atoms with Crippen LogP contribution in [0, 0.1) is 6.92 Å². The highest BCUT2D eigenvalue weighted by Crippen LogP contribution is 2.24. The van der Waals surface area contributed by atoms with E-state index in [1.807, 2.05) is 0 Å². The van der Waals surface area contributed by atoms with Crippen LogP contribution < -0.4 is 4.90 Å². The molecule has 1 fully saturated rings. The highest BCUT2D eigenvalue weighted by Gasteiger charge is 2.13. The lowest BCUT2D eigenvalue weighted by molar-refractivity contribution is 0.122. The van der Waals surface area contributed by atoms with Crippen LogP contribution >= 0.6 is 0 Å². The largest absolute Gasteiger partial charge is 0.378 e. The van der Waals surface area contributed by atoms with Crippen molar-refractivity contribution in [3.05, 3.63) is 29.3 Å². The molecule has 1 aliphatic rings. The highest BCUT2D eigenvalue weighted by atomic mass is 16.5. The number of nitrogens with zero attached hydrogens (tertiary/aromatic N) is 1. The van der Waals surface area contributed by atoms with Gasteiger partial charge in [-0.25, -0.2) is 0 Å². The first-order chi connectivity index (χ1) is 7.33. The Morgan fingerprint density at radius 3 is 2.67 bits per heavy atom. The Morgan fingerprint density at radius 1 is 1.27 bits per heavy atom. The summed E-state index contributed by atoms with van der Waals surface area (Å²) >= 11 is 0. The van der Waals surface area contributed by atoms with E-state index in [4.69, 9.17) is 4.74 Å².